The highest BCUT2D eigenvalue weighted by molar-refractivity contribution is 5.96. The van der Waals surface area contributed by atoms with Crippen LogP contribution in [0.5, 0.6) is 5.75 Å². The molecule has 4 rings (SSSR count). The molecule has 2 aromatic rings. The molecule has 1 aromatic heterocycles. The van der Waals surface area contributed by atoms with Crippen molar-refractivity contribution in [1.82, 2.24) is 14.8 Å². The number of hydrogen-bond donors (Lipinski definition) is 2. The van der Waals surface area contributed by atoms with Crippen molar-refractivity contribution in [2.24, 2.45) is 0 Å². The van der Waals surface area contributed by atoms with Gasteiger partial charge in [-0.15, -0.1) is 0 Å². The summed E-state index contributed by atoms with van der Waals surface area (Å²) in [5, 5.41) is 13.0. The summed E-state index contributed by atoms with van der Waals surface area (Å²) in [5.74, 6) is -3.73. The summed E-state index contributed by atoms with van der Waals surface area (Å²) >= 11 is 0. The smallest absolute Gasteiger partial charge is 0.276 e. The van der Waals surface area contributed by atoms with Crippen molar-refractivity contribution in [2.75, 3.05) is 6.61 Å². The molecule has 2 atom stereocenters. The Morgan fingerprint density at radius 2 is 2.06 bits per heavy atom. The third-order valence-electron chi connectivity index (χ3n) is 5.88. The first-order valence-corrected chi connectivity index (χ1v) is 10.4. The Morgan fingerprint density at radius 1 is 1.28 bits per heavy atom. The molecule has 10 heteroatoms. The van der Waals surface area contributed by atoms with Crippen molar-refractivity contribution in [1.29, 1.82) is 0 Å². The summed E-state index contributed by atoms with van der Waals surface area (Å²) < 4.78 is 33.5. The molecular weight excluding hydrogens is 424 g/mol. The molecule has 170 valence electrons. The number of nitrogens with zero attached hydrogens (tertiary/aromatic N) is 2. The van der Waals surface area contributed by atoms with Crippen LogP contribution < -0.4 is 10.7 Å². The molecule has 0 bridgehead atoms. The lowest BCUT2D eigenvalue weighted by Crippen LogP contribution is -2.57. The van der Waals surface area contributed by atoms with E-state index in [4.69, 9.17) is 4.74 Å². The van der Waals surface area contributed by atoms with Crippen molar-refractivity contribution in [3.8, 4) is 5.75 Å². The third kappa shape index (κ3) is 3.97. The first-order chi connectivity index (χ1) is 15.3. The van der Waals surface area contributed by atoms with E-state index in [1.807, 2.05) is 6.92 Å². The minimum absolute atomic E-state index is 0.0122. The summed E-state index contributed by atoms with van der Waals surface area (Å²) in [4.78, 5) is 39.6. The predicted octanol–water partition coefficient (Wildman–Crippen LogP) is 1.67. The number of amides is 2. The quantitative estimate of drug-likeness (QED) is 0.726. The molecule has 32 heavy (non-hydrogen) atoms. The van der Waals surface area contributed by atoms with Gasteiger partial charge in [0.1, 0.15) is 0 Å². The molecule has 3 heterocycles. The van der Waals surface area contributed by atoms with Crippen LogP contribution in [-0.4, -0.2) is 45.3 Å². The van der Waals surface area contributed by atoms with E-state index in [1.165, 1.54) is 16.8 Å². The van der Waals surface area contributed by atoms with Gasteiger partial charge in [0.05, 0.1) is 19.6 Å². The fourth-order valence-corrected chi connectivity index (χ4v) is 4.21. The van der Waals surface area contributed by atoms with Gasteiger partial charge in [-0.25, -0.2) is 8.78 Å². The number of ether oxygens (including phenoxy) is 1. The zero-order chi connectivity index (χ0) is 23.0. The summed E-state index contributed by atoms with van der Waals surface area (Å²) in [7, 11) is 0. The lowest BCUT2D eigenvalue weighted by molar-refractivity contribution is -0.120. The molecule has 0 aliphatic carbocycles. The highest BCUT2D eigenvalue weighted by atomic mass is 19.2. The molecule has 0 saturated carbocycles. The van der Waals surface area contributed by atoms with E-state index in [2.05, 4.69) is 5.32 Å². The Morgan fingerprint density at radius 3 is 2.78 bits per heavy atom. The summed E-state index contributed by atoms with van der Waals surface area (Å²) in [5.41, 5.74) is -0.538. The van der Waals surface area contributed by atoms with E-state index in [-0.39, 0.29) is 36.8 Å². The van der Waals surface area contributed by atoms with Crippen molar-refractivity contribution in [3.05, 3.63) is 63.1 Å². The molecule has 1 unspecified atom stereocenters. The van der Waals surface area contributed by atoms with Crippen LogP contribution in [0, 0.1) is 11.6 Å². The van der Waals surface area contributed by atoms with Crippen LogP contribution in [0.2, 0.25) is 0 Å². The monoisotopic (exact) mass is 447 g/mol. The minimum atomic E-state index is -1.02. The molecule has 1 saturated heterocycles. The number of rotatable bonds is 5. The van der Waals surface area contributed by atoms with Crippen molar-refractivity contribution < 1.29 is 28.2 Å². The van der Waals surface area contributed by atoms with Crippen molar-refractivity contribution in [2.45, 2.75) is 51.5 Å². The Hall–Kier alpha value is -3.27. The van der Waals surface area contributed by atoms with E-state index in [9.17, 15) is 28.3 Å². The molecule has 2 amide bonds. The van der Waals surface area contributed by atoms with Gasteiger partial charge < -0.3 is 24.6 Å². The fraction of sp³-hybridized carbons (Fsp3) is 0.409. The molecule has 2 N–H and O–H groups in total. The van der Waals surface area contributed by atoms with Crippen LogP contribution in [0.3, 0.4) is 0 Å². The van der Waals surface area contributed by atoms with E-state index >= 15 is 0 Å². The largest absolute Gasteiger partial charge is 0.503 e. The summed E-state index contributed by atoms with van der Waals surface area (Å²) in [6.45, 7) is 2.64. The number of halogens is 2. The number of nitrogens with one attached hydrogen (secondary N) is 1. The molecular formula is C22H23F2N3O5. The third-order valence-corrected chi connectivity index (χ3v) is 5.88. The molecule has 0 radical (unpaired) electrons. The molecule has 2 aliphatic heterocycles. The lowest BCUT2D eigenvalue weighted by atomic mass is 10.0. The maximum atomic E-state index is 13.3. The van der Waals surface area contributed by atoms with Crippen LogP contribution in [0.15, 0.2) is 29.2 Å². The number of pyridine rings is 1. The van der Waals surface area contributed by atoms with E-state index in [0.29, 0.717) is 18.6 Å². The van der Waals surface area contributed by atoms with Gasteiger partial charge in [0.15, 0.2) is 29.3 Å². The van der Waals surface area contributed by atoms with Crippen LogP contribution in [0.25, 0.3) is 0 Å². The SMILES string of the molecule is CCC1CCO[C@H]2Cn3cc(CC(=O)NCc4ccc(F)c(F)c4)c(=O)c(O)c3C(=O)N12. The van der Waals surface area contributed by atoms with E-state index < -0.39 is 40.9 Å². The maximum absolute atomic E-state index is 13.3. The Labute approximate surface area is 182 Å². The number of aromatic hydroxyl groups is 1. The number of benzene rings is 1. The predicted molar refractivity (Wildman–Crippen MR) is 109 cm³/mol. The second kappa shape index (κ2) is 8.70. The first-order valence-electron chi connectivity index (χ1n) is 10.4. The fourth-order valence-electron chi connectivity index (χ4n) is 4.21. The van der Waals surface area contributed by atoms with Gasteiger partial charge in [0.25, 0.3) is 5.91 Å². The number of aromatic nitrogens is 1. The normalized spacial score (nSPS) is 20.0. The highest BCUT2D eigenvalue weighted by Gasteiger charge is 2.41. The number of carbonyl (C=O) groups excluding carboxylic acids is 2. The average Bonchev–Trinajstić information content (AvgIpc) is 2.77. The zero-order valence-electron chi connectivity index (χ0n) is 17.4. The van der Waals surface area contributed by atoms with Gasteiger partial charge >= 0.3 is 0 Å². The molecule has 8 nitrogen and oxygen atoms in total. The standard InChI is InChI=1S/C22H23F2N3O5/c1-2-14-5-6-32-18-11-26-10-13(20(29)21(30)19(26)22(31)27(14)18)8-17(28)25-9-12-3-4-15(23)16(24)7-12/h3-4,7,10,14,18,30H,2,5-6,8-9,11H2,1H3,(H,25,28)/t14?,18-/m0/s1. The van der Waals surface area contributed by atoms with Crippen molar-refractivity contribution >= 4 is 11.8 Å². The first kappa shape index (κ1) is 21.9. The van der Waals surface area contributed by atoms with E-state index in [0.717, 1.165) is 18.6 Å². The Bertz CT molecular complexity index is 1130. The average molecular weight is 447 g/mol. The van der Waals surface area contributed by atoms with Gasteiger partial charge in [-0.1, -0.05) is 13.0 Å². The number of carbonyl (C=O) groups is 2. The Balaban J connectivity index is 1.53. The van der Waals surface area contributed by atoms with Gasteiger partial charge in [0.2, 0.25) is 11.3 Å². The van der Waals surface area contributed by atoms with Gasteiger partial charge in [-0.05, 0) is 30.5 Å². The van der Waals surface area contributed by atoms with Crippen molar-refractivity contribution in [3.63, 3.8) is 0 Å². The minimum Gasteiger partial charge on any atom is -0.503 e. The lowest BCUT2D eigenvalue weighted by Gasteiger charge is -2.45. The topological polar surface area (TPSA) is 101 Å². The second-order valence-corrected chi connectivity index (χ2v) is 7.92. The van der Waals surface area contributed by atoms with Gasteiger partial charge in [0, 0.05) is 24.3 Å². The Kier molecular flexibility index (Phi) is 5.96. The number of fused-ring (bicyclic) bond motifs is 2. The van der Waals surface area contributed by atoms with Gasteiger partial charge in [-0.2, -0.15) is 0 Å². The second-order valence-electron chi connectivity index (χ2n) is 7.92. The molecule has 0 spiro atoms. The van der Waals surface area contributed by atoms with Gasteiger partial charge in [-0.3, -0.25) is 14.4 Å². The van der Waals surface area contributed by atoms with Crippen LogP contribution in [0.4, 0.5) is 8.78 Å². The molecule has 2 aliphatic rings. The highest BCUT2D eigenvalue weighted by Crippen LogP contribution is 2.30. The number of hydrogen-bond acceptors (Lipinski definition) is 5. The van der Waals surface area contributed by atoms with Crippen LogP contribution in [-0.2, 0) is 29.0 Å². The van der Waals surface area contributed by atoms with E-state index in [1.54, 1.807) is 4.90 Å². The summed E-state index contributed by atoms with van der Waals surface area (Å²) in [6, 6.07) is 3.23. The summed E-state index contributed by atoms with van der Waals surface area (Å²) in [6.07, 6.45) is 1.94. The van der Waals surface area contributed by atoms with Crippen LogP contribution >= 0.6 is 0 Å². The maximum Gasteiger partial charge on any atom is 0.276 e. The molecule has 1 aromatic carbocycles. The molecule has 1 fully saturated rings. The zero-order valence-corrected chi connectivity index (χ0v) is 17.4. The van der Waals surface area contributed by atoms with Crippen LogP contribution in [0.1, 0.15) is 41.4 Å².